The number of ether oxygens (including phenoxy) is 1. The molecule has 2 aliphatic heterocycles. The van der Waals surface area contributed by atoms with Crippen molar-refractivity contribution in [1.29, 1.82) is 0 Å². The zero-order chi connectivity index (χ0) is 27.8. The number of hydrogen-bond donors (Lipinski definition) is 1. The first kappa shape index (κ1) is 29.7. The third kappa shape index (κ3) is 8.58. The fourth-order valence-electron chi connectivity index (χ4n) is 5.51. The lowest BCUT2D eigenvalue weighted by atomic mass is 9.95. The molecule has 0 aliphatic carbocycles. The molecule has 3 amide bonds. The van der Waals surface area contributed by atoms with Crippen molar-refractivity contribution < 1.29 is 14.3 Å². The normalized spacial score (nSPS) is 17.4. The van der Waals surface area contributed by atoms with E-state index in [4.69, 9.17) is 27.9 Å². The Balaban J connectivity index is 1.30. The van der Waals surface area contributed by atoms with Gasteiger partial charge in [-0.25, -0.2) is 4.79 Å². The Morgan fingerprint density at radius 3 is 2.36 bits per heavy atom. The van der Waals surface area contributed by atoms with E-state index >= 15 is 0 Å². The SMILES string of the molecule is CCCN(CC1CCN(C(=O)N2CCOCC2)CC1)C(C)Cc1cccc(NC(=O)c2cc(Cl)cc(Cl)c2)c1. The van der Waals surface area contributed by atoms with Crippen molar-refractivity contribution in [2.45, 2.75) is 45.6 Å². The summed E-state index contributed by atoms with van der Waals surface area (Å²) in [5.41, 5.74) is 2.36. The molecule has 7 nitrogen and oxygen atoms in total. The quantitative estimate of drug-likeness (QED) is 0.395. The van der Waals surface area contributed by atoms with Crippen LogP contribution in [0.2, 0.25) is 10.0 Å². The minimum atomic E-state index is -0.240. The lowest BCUT2D eigenvalue weighted by molar-refractivity contribution is 0.0386. The van der Waals surface area contributed by atoms with Crippen LogP contribution in [0, 0.1) is 5.92 Å². The maximum atomic E-state index is 12.8. The number of morpholine rings is 1. The number of nitrogens with one attached hydrogen (secondary N) is 1. The molecule has 1 atom stereocenters. The Hall–Kier alpha value is -2.32. The third-order valence-electron chi connectivity index (χ3n) is 7.63. The second-order valence-electron chi connectivity index (χ2n) is 10.7. The number of hydrogen-bond acceptors (Lipinski definition) is 4. The predicted molar refractivity (Wildman–Crippen MR) is 158 cm³/mol. The number of amides is 3. The number of piperidine rings is 1. The van der Waals surface area contributed by atoms with E-state index in [0.29, 0.717) is 53.9 Å². The third-order valence-corrected chi connectivity index (χ3v) is 8.07. The van der Waals surface area contributed by atoms with Crippen LogP contribution in [-0.2, 0) is 11.2 Å². The zero-order valence-corrected chi connectivity index (χ0v) is 24.5. The van der Waals surface area contributed by atoms with Crippen molar-refractivity contribution >= 4 is 40.8 Å². The minimum Gasteiger partial charge on any atom is -0.378 e. The molecule has 0 saturated carbocycles. The monoisotopic (exact) mass is 574 g/mol. The first-order valence-corrected chi connectivity index (χ1v) is 14.8. The number of urea groups is 1. The summed E-state index contributed by atoms with van der Waals surface area (Å²) >= 11 is 12.1. The summed E-state index contributed by atoms with van der Waals surface area (Å²) in [7, 11) is 0. The lowest BCUT2D eigenvalue weighted by Crippen LogP contribution is -2.51. The summed E-state index contributed by atoms with van der Waals surface area (Å²) in [5, 5.41) is 3.83. The molecule has 212 valence electrons. The highest BCUT2D eigenvalue weighted by atomic mass is 35.5. The molecule has 2 fully saturated rings. The van der Waals surface area contributed by atoms with Crippen LogP contribution in [0.3, 0.4) is 0 Å². The number of carbonyl (C=O) groups is 2. The molecule has 2 aliphatic rings. The fraction of sp³-hybridized carbons (Fsp3) is 0.533. The van der Waals surface area contributed by atoms with Crippen LogP contribution < -0.4 is 5.32 Å². The molecular weight excluding hydrogens is 535 g/mol. The highest BCUT2D eigenvalue weighted by Crippen LogP contribution is 2.24. The van der Waals surface area contributed by atoms with Gasteiger partial charge in [-0.1, -0.05) is 42.3 Å². The van der Waals surface area contributed by atoms with E-state index in [1.807, 2.05) is 28.0 Å². The van der Waals surface area contributed by atoms with Gasteiger partial charge < -0.3 is 24.8 Å². The van der Waals surface area contributed by atoms with Crippen LogP contribution in [0.1, 0.15) is 49.0 Å². The van der Waals surface area contributed by atoms with Gasteiger partial charge in [0.15, 0.2) is 0 Å². The summed E-state index contributed by atoms with van der Waals surface area (Å²) in [5.74, 6) is 0.346. The van der Waals surface area contributed by atoms with Gasteiger partial charge in [-0.2, -0.15) is 0 Å². The summed E-state index contributed by atoms with van der Waals surface area (Å²) in [4.78, 5) is 32.1. The molecule has 0 bridgehead atoms. The Morgan fingerprint density at radius 1 is 1.03 bits per heavy atom. The molecule has 1 unspecified atom stereocenters. The summed E-state index contributed by atoms with van der Waals surface area (Å²) in [6.45, 7) is 10.9. The van der Waals surface area contributed by atoms with Crippen LogP contribution in [0.5, 0.6) is 0 Å². The van der Waals surface area contributed by atoms with Gasteiger partial charge in [0.05, 0.1) is 13.2 Å². The Kier molecular flexibility index (Phi) is 10.9. The maximum Gasteiger partial charge on any atom is 0.320 e. The second-order valence-corrected chi connectivity index (χ2v) is 11.5. The number of anilines is 1. The summed E-state index contributed by atoms with van der Waals surface area (Å²) < 4.78 is 5.39. The van der Waals surface area contributed by atoms with E-state index in [1.54, 1.807) is 18.2 Å². The number of nitrogens with zero attached hydrogens (tertiary/aromatic N) is 3. The highest BCUT2D eigenvalue weighted by Gasteiger charge is 2.29. The standard InChI is InChI=1S/C30H40Cl2N4O3/c1-3-9-36(21-23-7-10-34(11-8-23)30(38)35-12-14-39-15-13-35)22(2)16-24-5-4-6-28(17-24)33-29(37)25-18-26(31)20-27(32)19-25/h4-6,17-20,22-23H,3,7-16,21H2,1-2H3,(H,33,37). The van der Waals surface area contributed by atoms with Crippen LogP contribution in [0.4, 0.5) is 10.5 Å². The van der Waals surface area contributed by atoms with Crippen LogP contribution in [-0.4, -0.2) is 85.2 Å². The van der Waals surface area contributed by atoms with Gasteiger partial charge in [0, 0.05) is 60.1 Å². The number of halogens is 2. The van der Waals surface area contributed by atoms with Crippen molar-refractivity contribution in [3.63, 3.8) is 0 Å². The Labute approximate surface area is 242 Å². The smallest absolute Gasteiger partial charge is 0.320 e. The van der Waals surface area contributed by atoms with Crippen LogP contribution >= 0.6 is 23.2 Å². The Bertz CT molecular complexity index is 1100. The lowest BCUT2D eigenvalue weighted by Gasteiger charge is -2.39. The topological polar surface area (TPSA) is 65.1 Å². The molecule has 39 heavy (non-hydrogen) atoms. The summed E-state index contributed by atoms with van der Waals surface area (Å²) in [6, 6.07) is 13.4. The molecular formula is C30H40Cl2N4O3. The van der Waals surface area contributed by atoms with Crippen molar-refractivity contribution in [2.24, 2.45) is 5.92 Å². The average Bonchev–Trinajstić information content (AvgIpc) is 2.93. The van der Waals surface area contributed by atoms with Crippen molar-refractivity contribution in [1.82, 2.24) is 14.7 Å². The van der Waals surface area contributed by atoms with Gasteiger partial charge in [-0.15, -0.1) is 0 Å². The van der Waals surface area contributed by atoms with E-state index in [1.165, 1.54) is 5.56 Å². The van der Waals surface area contributed by atoms with Crippen molar-refractivity contribution in [3.8, 4) is 0 Å². The van der Waals surface area contributed by atoms with Gasteiger partial charge in [0.25, 0.3) is 5.91 Å². The van der Waals surface area contributed by atoms with E-state index in [2.05, 4.69) is 30.1 Å². The van der Waals surface area contributed by atoms with Crippen LogP contribution in [0.15, 0.2) is 42.5 Å². The van der Waals surface area contributed by atoms with E-state index < -0.39 is 0 Å². The van der Waals surface area contributed by atoms with Gasteiger partial charge in [-0.3, -0.25) is 4.79 Å². The van der Waals surface area contributed by atoms with Gasteiger partial charge in [0.2, 0.25) is 0 Å². The molecule has 0 aromatic heterocycles. The number of benzene rings is 2. The maximum absolute atomic E-state index is 12.8. The molecule has 9 heteroatoms. The van der Waals surface area contributed by atoms with Crippen molar-refractivity contribution in [2.75, 3.05) is 57.8 Å². The fourth-order valence-corrected chi connectivity index (χ4v) is 6.03. The first-order valence-electron chi connectivity index (χ1n) is 14.0. The predicted octanol–water partition coefficient (Wildman–Crippen LogP) is 6.05. The molecule has 4 rings (SSSR count). The van der Waals surface area contributed by atoms with Gasteiger partial charge in [-0.05, 0) is 81.0 Å². The molecule has 2 heterocycles. The van der Waals surface area contributed by atoms with Crippen LogP contribution in [0.25, 0.3) is 0 Å². The highest BCUT2D eigenvalue weighted by molar-refractivity contribution is 6.35. The van der Waals surface area contributed by atoms with Crippen molar-refractivity contribution in [3.05, 3.63) is 63.6 Å². The molecule has 0 spiro atoms. The molecule has 2 saturated heterocycles. The Morgan fingerprint density at radius 2 is 1.69 bits per heavy atom. The number of likely N-dealkylation sites (tertiary alicyclic amines) is 1. The molecule has 2 aromatic rings. The number of rotatable bonds is 9. The average molecular weight is 576 g/mol. The molecule has 1 N–H and O–H groups in total. The molecule has 2 aromatic carbocycles. The van der Waals surface area contributed by atoms with Gasteiger partial charge >= 0.3 is 6.03 Å². The largest absolute Gasteiger partial charge is 0.378 e. The summed E-state index contributed by atoms with van der Waals surface area (Å²) in [6.07, 6.45) is 4.06. The minimum absolute atomic E-state index is 0.168. The van der Waals surface area contributed by atoms with E-state index in [0.717, 1.165) is 57.5 Å². The van der Waals surface area contributed by atoms with Gasteiger partial charge in [0.1, 0.15) is 0 Å². The molecule has 0 radical (unpaired) electrons. The number of carbonyl (C=O) groups excluding carboxylic acids is 2. The first-order chi connectivity index (χ1) is 18.8. The van der Waals surface area contributed by atoms with E-state index in [-0.39, 0.29) is 11.9 Å². The van der Waals surface area contributed by atoms with E-state index in [9.17, 15) is 9.59 Å². The zero-order valence-electron chi connectivity index (χ0n) is 23.0. The second kappa shape index (κ2) is 14.4.